The number of benzene rings is 1. The van der Waals surface area contributed by atoms with Crippen molar-refractivity contribution < 1.29 is 10.0 Å². The average Bonchev–Trinajstić information content (AvgIpc) is 3.18. The van der Waals surface area contributed by atoms with Gasteiger partial charge in [-0.25, -0.2) is 0 Å². The van der Waals surface area contributed by atoms with Crippen molar-refractivity contribution in [1.82, 2.24) is 5.32 Å². The number of hydrogen-bond acceptors (Lipinski definition) is 3. The SMILES string of the molecule is NC(CNC(=O)C1(c2ccccc2)CC1)=NO. The number of amides is 1. The molecule has 5 nitrogen and oxygen atoms in total. The molecule has 0 unspecified atom stereocenters. The molecule has 1 aliphatic carbocycles. The van der Waals surface area contributed by atoms with Gasteiger partial charge >= 0.3 is 0 Å². The number of carbonyl (C=O) groups excluding carboxylic acids is 1. The van der Waals surface area contributed by atoms with E-state index in [1.807, 2.05) is 30.3 Å². The molecule has 1 aliphatic rings. The number of amidine groups is 1. The number of nitrogens with one attached hydrogen (secondary N) is 1. The Hall–Kier alpha value is -2.04. The zero-order chi connectivity index (χ0) is 12.3. The molecule has 17 heavy (non-hydrogen) atoms. The predicted octanol–water partition coefficient (Wildman–Crippen LogP) is 0.581. The van der Waals surface area contributed by atoms with Gasteiger partial charge in [-0.1, -0.05) is 35.5 Å². The quantitative estimate of drug-likeness (QED) is 0.307. The molecule has 0 atom stereocenters. The Kier molecular flexibility index (Phi) is 2.99. The second-order valence-electron chi connectivity index (χ2n) is 4.22. The number of oxime groups is 1. The van der Waals surface area contributed by atoms with Gasteiger partial charge < -0.3 is 16.3 Å². The summed E-state index contributed by atoms with van der Waals surface area (Å²) in [5.74, 6) is -0.0579. The maximum atomic E-state index is 12.0. The Labute approximate surface area is 99.3 Å². The molecule has 0 saturated heterocycles. The maximum Gasteiger partial charge on any atom is 0.231 e. The molecule has 1 amide bonds. The first-order valence-electron chi connectivity index (χ1n) is 5.49. The molecular formula is C12H15N3O2. The van der Waals surface area contributed by atoms with Gasteiger partial charge in [-0.15, -0.1) is 0 Å². The normalized spacial score (nSPS) is 17.5. The molecule has 0 heterocycles. The fraction of sp³-hybridized carbons (Fsp3) is 0.333. The van der Waals surface area contributed by atoms with Crippen molar-refractivity contribution in [3.8, 4) is 0 Å². The van der Waals surface area contributed by atoms with E-state index in [0.29, 0.717) is 0 Å². The third kappa shape index (κ3) is 2.22. The van der Waals surface area contributed by atoms with Crippen LogP contribution in [0, 0.1) is 0 Å². The van der Waals surface area contributed by atoms with Crippen molar-refractivity contribution in [2.24, 2.45) is 10.9 Å². The Morgan fingerprint density at radius 2 is 2.06 bits per heavy atom. The summed E-state index contributed by atoms with van der Waals surface area (Å²) < 4.78 is 0. The molecule has 1 fully saturated rings. The molecule has 1 aromatic carbocycles. The van der Waals surface area contributed by atoms with Crippen molar-refractivity contribution in [1.29, 1.82) is 0 Å². The highest BCUT2D eigenvalue weighted by atomic mass is 16.4. The fourth-order valence-electron chi connectivity index (χ4n) is 1.90. The zero-order valence-corrected chi connectivity index (χ0v) is 9.39. The molecule has 0 radical (unpaired) electrons. The molecule has 0 aliphatic heterocycles. The number of rotatable bonds is 4. The van der Waals surface area contributed by atoms with Crippen molar-refractivity contribution in [2.75, 3.05) is 6.54 Å². The highest BCUT2D eigenvalue weighted by Crippen LogP contribution is 2.48. The minimum Gasteiger partial charge on any atom is -0.409 e. The molecule has 2 rings (SSSR count). The molecule has 0 aromatic heterocycles. The second-order valence-corrected chi connectivity index (χ2v) is 4.22. The minimum absolute atomic E-state index is 0.00205. The van der Waals surface area contributed by atoms with Crippen LogP contribution in [0.3, 0.4) is 0 Å². The smallest absolute Gasteiger partial charge is 0.231 e. The molecule has 90 valence electrons. The summed E-state index contributed by atoms with van der Waals surface area (Å²) in [6.45, 7) is 0.0733. The summed E-state index contributed by atoms with van der Waals surface area (Å²) in [4.78, 5) is 12.0. The van der Waals surface area contributed by atoms with E-state index in [2.05, 4.69) is 10.5 Å². The van der Waals surface area contributed by atoms with Gasteiger partial charge in [0.2, 0.25) is 5.91 Å². The Balaban J connectivity index is 2.05. The lowest BCUT2D eigenvalue weighted by Crippen LogP contribution is -2.39. The number of carbonyl (C=O) groups is 1. The van der Waals surface area contributed by atoms with Crippen molar-refractivity contribution in [3.05, 3.63) is 35.9 Å². The first kappa shape index (κ1) is 11.4. The lowest BCUT2D eigenvalue weighted by atomic mass is 9.95. The summed E-state index contributed by atoms with van der Waals surface area (Å²) in [6, 6.07) is 9.68. The van der Waals surface area contributed by atoms with Gasteiger partial charge in [-0.2, -0.15) is 0 Å². The minimum atomic E-state index is -0.406. The Bertz CT molecular complexity index is 438. The number of hydrogen-bond donors (Lipinski definition) is 3. The number of nitrogens with two attached hydrogens (primary N) is 1. The van der Waals surface area contributed by atoms with Crippen LogP contribution in [0.15, 0.2) is 35.5 Å². The lowest BCUT2D eigenvalue weighted by molar-refractivity contribution is -0.123. The number of nitrogens with zero attached hydrogens (tertiary/aromatic N) is 1. The molecule has 4 N–H and O–H groups in total. The molecule has 1 saturated carbocycles. The van der Waals surface area contributed by atoms with Crippen LogP contribution < -0.4 is 11.1 Å². The molecule has 0 spiro atoms. The zero-order valence-electron chi connectivity index (χ0n) is 9.39. The summed E-state index contributed by atoms with van der Waals surface area (Å²) in [6.07, 6.45) is 1.69. The van der Waals surface area contributed by atoms with Gasteiger partial charge in [-0.05, 0) is 18.4 Å². The van der Waals surface area contributed by atoms with Crippen LogP contribution >= 0.6 is 0 Å². The van der Waals surface area contributed by atoms with Gasteiger partial charge in [0.15, 0.2) is 5.84 Å². The van der Waals surface area contributed by atoms with Gasteiger partial charge in [0.1, 0.15) is 0 Å². The van der Waals surface area contributed by atoms with Gasteiger partial charge in [0, 0.05) is 0 Å². The van der Waals surface area contributed by atoms with Gasteiger partial charge in [0.25, 0.3) is 0 Å². The van der Waals surface area contributed by atoms with Crippen LogP contribution in [-0.2, 0) is 10.2 Å². The highest BCUT2D eigenvalue weighted by Gasteiger charge is 2.50. The van der Waals surface area contributed by atoms with Crippen molar-refractivity contribution in [3.63, 3.8) is 0 Å². The predicted molar refractivity (Wildman–Crippen MR) is 63.8 cm³/mol. The van der Waals surface area contributed by atoms with Crippen LogP contribution in [0.1, 0.15) is 18.4 Å². The second kappa shape index (κ2) is 4.45. The summed E-state index contributed by atoms with van der Waals surface area (Å²) in [5.41, 5.74) is 5.93. The summed E-state index contributed by atoms with van der Waals surface area (Å²) in [5, 5.41) is 13.9. The maximum absolute atomic E-state index is 12.0. The Morgan fingerprint density at radius 1 is 1.41 bits per heavy atom. The van der Waals surface area contributed by atoms with E-state index in [1.54, 1.807) is 0 Å². The largest absolute Gasteiger partial charge is 0.409 e. The summed E-state index contributed by atoms with van der Waals surface area (Å²) >= 11 is 0. The highest BCUT2D eigenvalue weighted by molar-refractivity contribution is 5.94. The van der Waals surface area contributed by atoms with Crippen LogP contribution in [0.25, 0.3) is 0 Å². The first-order valence-corrected chi connectivity index (χ1v) is 5.49. The van der Waals surface area contributed by atoms with Gasteiger partial charge in [0.05, 0.1) is 12.0 Å². The fourth-order valence-corrected chi connectivity index (χ4v) is 1.90. The van der Waals surface area contributed by atoms with E-state index in [-0.39, 0.29) is 18.3 Å². The van der Waals surface area contributed by atoms with Crippen LogP contribution in [0.2, 0.25) is 0 Å². The molecule has 5 heteroatoms. The van der Waals surface area contributed by atoms with E-state index < -0.39 is 5.41 Å². The van der Waals surface area contributed by atoms with Crippen LogP contribution in [0.4, 0.5) is 0 Å². The Morgan fingerprint density at radius 3 is 2.59 bits per heavy atom. The topological polar surface area (TPSA) is 87.7 Å². The van der Waals surface area contributed by atoms with Crippen molar-refractivity contribution >= 4 is 11.7 Å². The van der Waals surface area contributed by atoms with Crippen LogP contribution in [0.5, 0.6) is 0 Å². The third-order valence-electron chi connectivity index (χ3n) is 3.07. The lowest BCUT2D eigenvalue weighted by Gasteiger charge is -2.15. The third-order valence-corrected chi connectivity index (χ3v) is 3.07. The van der Waals surface area contributed by atoms with E-state index in [0.717, 1.165) is 18.4 Å². The van der Waals surface area contributed by atoms with Crippen molar-refractivity contribution in [2.45, 2.75) is 18.3 Å². The standard InChI is InChI=1S/C12H15N3O2/c13-10(15-17)8-14-11(16)12(6-7-12)9-4-2-1-3-5-9/h1-5,17H,6-8H2,(H2,13,15)(H,14,16). The van der Waals surface area contributed by atoms with E-state index in [1.165, 1.54) is 0 Å². The molecular weight excluding hydrogens is 218 g/mol. The first-order chi connectivity index (χ1) is 8.19. The van der Waals surface area contributed by atoms with E-state index >= 15 is 0 Å². The molecule has 0 bridgehead atoms. The summed E-state index contributed by atoms with van der Waals surface area (Å²) in [7, 11) is 0. The monoisotopic (exact) mass is 233 g/mol. The van der Waals surface area contributed by atoms with E-state index in [9.17, 15) is 4.79 Å². The van der Waals surface area contributed by atoms with Crippen LogP contribution in [-0.4, -0.2) is 23.5 Å². The van der Waals surface area contributed by atoms with Gasteiger partial charge in [-0.3, -0.25) is 4.79 Å². The average molecular weight is 233 g/mol. The van der Waals surface area contributed by atoms with E-state index in [4.69, 9.17) is 10.9 Å². The molecule has 1 aromatic rings.